The maximum Gasteiger partial charge on any atom is 0.261 e. The minimum absolute atomic E-state index is 0.0734. The molecule has 7 nitrogen and oxygen atoms in total. The number of fused-ring (bicyclic) bond motifs is 1. The molecule has 0 aliphatic carbocycles. The van der Waals surface area contributed by atoms with Gasteiger partial charge in [0.05, 0.1) is 4.90 Å². The molecule has 0 aromatic heterocycles. The highest BCUT2D eigenvalue weighted by atomic mass is 32.2. The topological polar surface area (TPSA) is 110 Å². The first-order chi connectivity index (χ1) is 11.8. The average molecular weight is 359 g/mol. The molecule has 2 aromatic carbocycles. The monoisotopic (exact) mass is 359 g/mol. The second-order valence-corrected chi connectivity index (χ2v) is 7.44. The minimum atomic E-state index is -3.82. The number of hydrogen-bond acceptors (Lipinski definition) is 4. The fourth-order valence-corrected chi connectivity index (χ4v) is 3.92. The lowest BCUT2D eigenvalue weighted by atomic mass is 10.2. The number of sulfonamides is 1. The highest BCUT2D eigenvalue weighted by molar-refractivity contribution is 7.92. The summed E-state index contributed by atoms with van der Waals surface area (Å²) >= 11 is 0. The normalized spacial score (nSPS) is 13.4. The lowest BCUT2D eigenvalue weighted by Crippen LogP contribution is -2.25. The molecule has 1 heterocycles. The molecule has 0 spiro atoms. The zero-order valence-corrected chi connectivity index (χ0v) is 14.3. The molecular formula is C17H17N3O4S. The van der Waals surface area contributed by atoms with Gasteiger partial charge in [0.1, 0.15) is 0 Å². The van der Waals surface area contributed by atoms with E-state index in [0.717, 1.165) is 11.3 Å². The Morgan fingerprint density at radius 2 is 1.92 bits per heavy atom. The van der Waals surface area contributed by atoms with Crippen LogP contribution < -0.4 is 15.4 Å². The lowest BCUT2D eigenvalue weighted by Gasteiger charge is -2.15. The van der Waals surface area contributed by atoms with E-state index in [1.165, 1.54) is 31.2 Å². The summed E-state index contributed by atoms with van der Waals surface area (Å²) in [6.07, 6.45) is 0.607. The average Bonchev–Trinajstić information content (AvgIpc) is 2.98. The Morgan fingerprint density at radius 3 is 2.60 bits per heavy atom. The van der Waals surface area contributed by atoms with Crippen molar-refractivity contribution < 1.29 is 18.0 Å². The number of nitrogens with zero attached hydrogens (tertiary/aromatic N) is 1. The van der Waals surface area contributed by atoms with Crippen molar-refractivity contribution in [2.24, 2.45) is 5.73 Å². The maximum absolute atomic E-state index is 12.6. The van der Waals surface area contributed by atoms with Crippen molar-refractivity contribution in [1.29, 1.82) is 0 Å². The molecule has 8 heteroatoms. The van der Waals surface area contributed by atoms with Crippen molar-refractivity contribution in [3.05, 3.63) is 53.6 Å². The number of carbonyl (C=O) groups is 2. The number of primary amides is 1. The summed E-state index contributed by atoms with van der Waals surface area (Å²) in [5.74, 6) is -0.710. The van der Waals surface area contributed by atoms with Gasteiger partial charge in [0.2, 0.25) is 11.8 Å². The van der Waals surface area contributed by atoms with Crippen LogP contribution in [-0.4, -0.2) is 26.8 Å². The molecule has 130 valence electrons. The van der Waals surface area contributed by atoms with Crippen LogP contribution in [-0.2, 0) is 21.2 Å². The van der Waals surface area contributed by atoms with Crippen LogP contribution in [0.25, 0.3) is 0 Å². The number of rotatable bonds is 4. The molecule has 25 heavy (non-hydrogen) atoms. The number of amides is 2. The molecule has 2 aromatic rings. The van der Waals surface area contributed by atoms with Crippen LogP contribution in [0.4, 0.5) is 11.4 Å². The van der Waals surface area contributed by atoms with Crippen LogP contribution in [0, 0.1) is 0 Å². The van der Waals surface area contributed by atoms with Crippen LogP contribution in [0.5, 0.6) is 0 Å². The van der Waals surface area contributed by atoms with E-state index in [-0.39, 0.29) is 22.1 Å². The summed E-state index contributed by atoms with van der Waals surface area (Å²) in [4.78, 5) is 24.5. The Balaban J connectivity index is 1.90. The number of benzene rings is 2. The fraction of sp³-hybridized carbons (Fsp3) is 0.176. The van der Waals surface area contributed by atoms with Gasteiger partial charge in [-0.1, -0.05) is 6.07 Å². The smallest absolute Gasteiger partial charge is 0.261 e. The Hall–Kier alpha value is -2.87. The van der Waals surface area contributed by atoms with Gasteiger partial charge >= 0.3 is 0 Å². The summed E-state index contributed by atoms with van der Waals surface area (Å²) in [5, 5.41) is 0. The number of carbonyl (C=O) groups excluding carboxylic acids is 2. The van der Waals surface area contributed by atoms with Gasteiger partial charge in [-0.15, -0.1) is 0 Å². The third kappa shape index (κ3) is 3.34. The Morgan fingerprint density at radius 1 is 1.16 bits per heavy atom. The molecule has 0 saturated heterocycles. The second kappa shape index (κ2) is 6.21. The summed E-state index contributed by atoms with van der Waals surface area (Å²) in [6.45, 7) is 2.02. The summed E-state index contributed by atoms with van der Waals surface area (Å²) in [5.41, 5.74) is 7.22. The standard InChI is InChI=1S/C17H17N3O4S/c1-11(21)20-8-7-12-10-15(5-6-16(12)20)25(23,24)19-14-4-2-3-13(9-14)17(18)22/h2-6,9-10,19H,7-8H2,1H3,(H2,18,22). The predicted molar refractivity (Wildman–Crippen MR) is 93.9 cm³/mol. The van der Waals surface area contributed by atoms with E-state index >= 15 is 0 Å². The molecule has 0 saturated carbocycles. The first-order valence-electron chi connectivity index (χ1n) is 7.61. The van der Waals surface area contributed by atoms with Gasteiger partial charge in [-0.2, -0.15) is 0 Å². The van der Waals surface area contributed by atoms with Crippen molar-refractivity contribution in [2.75, 3.05) is 16.2 Å². The Bertz CT molecular complexity index is 970. The van der Waals surface area contributed by atoms with Crippen LogP contribution in [0.1, 0.15) is 22.8 Å². The third-order valence-corrected chi connectivity index (χ3v) is 5.42. The predicted octanol–water partition coefficient (Wildman–Crippen LogP) is 1.50. The Labute approximate surface area is 145 Å². The van der Waals surface area contributed by atoms with Gasteiger partial charge < -0.3 is 10.6 Å². The number of anilines is 2. The van der Waals surface area contributed by atoms with Gasteiger partial charge in [0.15, 0.2) is 0 Å². The van der Waals surface area contributed by atoms with E-state index in [1.54, 1.807) is 23.1 Å². The third-order valence-electron chi connectivity index (χ3n) is 4.04. The summed E-state index contributed by atoms with van der Waals surface area (Å²) in [7, 11) is -3.82. The summed E-state index contributed by atoms with van der Waals surface area (Å²) < 4.78 is 27.6. The van der Waals surface area contributed by atoms with Crippen molar-refractivity contribution in [3.63, 3.8) is 0 Å². The van der Waals surface area contributed by atoms with Crippen molar-refractivity contribution >= 4 is 33.2 Å². The molecule has 0 unspecified atom stereocenters. The first-order valence-corrected chi connectivity index (χ1v) is 9.10. The van der Waals surface area contributed by atoms with E-state index in [0.29, 0.717) is 13.0 Å². The van der Waals surface area contributed by atoms with Crippen LogP contribution in [0.3, 0.4) is 0 Å². The quantitative estimate of drug-likeness (QED) is 0.862. The Kier molecular flexibility index (Phi) is 4.22. The second-order valence-electron chi connectivity index (χ2n) is 5.76. The molecule has 2 amide bonds. The van der Waals surface area contributed by atoms with E-state index < -0.39 is 15.9 Å². The van der Waals surface area contributed by atoms with Gasteiger partial charge in [-0.3, -0.25) is 14.3 Å². The molecule has 1 aliphatic rings. The van der Waals surface area contributed by atoms with Gasteiger partial charge in [0.25, 0.3) is 10.0 Å². The molecule has 0 bridgehead atoms. The van der Waals surface area contributed by atoms with Crippen LogP contribution in [0.15, 0.2) is 47.4 Å². The molecule has 0 fully saturated rings. The highest BCUT2D eigenvalue weighted by Gasteiger charge is 2.24. The molecule has 1 aliphatic heterocycles. The maximum atomic E-state index is 12.6. The van der Waals surface area contributed by atoms with Crippen molar-refractivity contribution in [3.8, 4) is 0 Å². The van der Waals surface area contributed by atoms with Crippen LogP contribution in [0.2, 0.25) is 0 Å². The van der Waals surface area contributed by atoms with Crippen molar-refractivity contribution in [1.82, 2.24) is 0 Å². The molecular weight excluding hydrogens is 342 g/mol. The SMILES string of the molecule is CC(=O)N1CCc2cc(S(=O)(=O)Nc3cccc(C(N)=O)c3)ccc21. The van der Waals surface area contributed by atoms with E-state index in [9.17, 15) is 18.0 Å². The zero-order chi connectivity index (χ0) is 18.2. The van der Waals surface area contributed by atoms with E-state index in [4.69, 9.17) is 5.73 Å². The minimum Gasteiger partial charge on any atom is -0.366 e. The largest absolute Gasteiger partial charge is 0.366 e. The number of hydrogen-bond donors (Lipinski definition) is 2. The zero-order valence-electron chi connectivity index (χ0n) is 13.5. The van der Waals surface area contributed by atoms with E-state index in [2.05, 4.69) is 4.72 Å². The number of nitrogens with two attached hydrogens (primary N) is 1. The van der Waals surface area contributed by atoms with E-state index in [1.807, 2.05) is 0 Å². The van der Waals surface area contributed by atoms with Gasteiger partial charge in [-0.05, 0) is 48.4 Å². The highest BCUT2D eigenvalue weighted by Crippen LogP contribution is 2.30. The fourth-order valence-electron chi connectivity index (χ4n) is 2.82. The lowest BCUT2D eigenvalue weighted by molar-refractivity contribution is -0.116. The molecule has 3 rings (SSSR count). The molecule has 0 atom stereocenters. The summed E-state index contributed by atoms with van der Waals surface area (Å²) in [6, 6.07) is 10.6. The molecule has 0 radical (unpaired) electrons. The molecule has 3 N–H and O–H groups in total. The van der Waals surface area contributed by atoms with Gasteiger partial charge in [0, 0.05) is 30.4 Å². The van der Waals surface area contributed by atoms with Crippen LogP contribution >= 0.6 is 0 Å². The first kappa shape index (κ1) is 17.0. The van der Waals surface area contributed by atoms with Crippen molar-refractivity contribution in [2.45, 2.75) is 18.2 Å². The van der Waals surface area contributed by atoms with Gasteiger partial charge in [-0.25, -0.2) is 8.42 Å². The number of nitrogens with one attached hydrogen (secondary N) is 1.